The maximum Gasteiger partial charge on any atom is 0.326 e. The van der Waals surface area contributed by atoms with Gasteiger partial charge in [-0.3, -0.25) is 4.79 Å². The van der Waals surface area contributed by atoms with Gasteiger partial charge in [-0.2, -0.15) is 0 Å². The number of pyridine rings is 1. The summed E-state index contributed by atoms with van der Waals surface area (Å²) in [5.41, 5.74) is 1.06. The Bertz CT molecular complexity index is 483. The zero-order chi connectivity index (χ0) is 13.3. The van der Waals surface area contributed by atoms with Crippen LogP contribution in [0.5, 0.6) is 0 Å². The third kappa shape index (κ3) is 2.50. The minimum atomic E-state index is -0.983. The second-order valence-corrected chi connectivity index (χ2v) is 4.62. The van der Waals surface area contributed by atoms with E-state index < -0.39 is 12.0 Å². The number of aliphatic carboxylic acids is 1. The molecule has 5 nitrogen and oxygen atoms in total. The molecule has 1 amide bonds. The van der Waals surface area contributed by atoms with Crippen molar-refractivity contribution in [2.45, 2.75) is 38.8 Å². The van der Waals surface area contributed by atoms with Crippen LogP contribution >= 0.6 is 0 Å². The zero-order valence-corrected chi connectivity index (χ0v) is 10.5. The van der Waals surface area contributed by atoms with Crippen molar-refractivity contribution in [2.24, 2.45) is 0 Å². The summed E-state index contributed by atoms with van der Waals surface area (Å²) < 4.78 is 0. The molecule has 1 saturated carbocycles. The van der Waals surface area contributed by atoms with Crippen LogP contribution in [-0.2, 0) is 4.79 Å². The summed E-state index contributed by atoms with van der Waals surface area (Å²) in [5, 5.41) is 9.07. The molecule has 0 spiro atoms. The van der Waals surface area contributed by atoms with Crippen molar-refractivity contribution in [2.75, 3.05) is 0 Å². The van der Waals surface area contributed by atoms with Crippen LogP contribution in [0.4, 0.5) is 0 Å². The lowest BCUT2D eigenvalue weighted by Crippen LogP contribution is -2.45. The van der Waals surface area contributed by atoms with E-state index in [4.69, 9.17) is 5.11 Å². The Kier molecular flexibility index (Phi) is 3.32. The lowest BCUT2D eigenvalue weighted by atomic mass is 10.2. The van der Waals surface area contributed by atoms with Crippen LogP contribution in [0, 0.1) is 6.92 Å². The van der Waals surface area contributed by atoms with E-state index in [1.807, 2.05) is 0 Å². The Hall–Kier alpha value is -1.91. The average Bonchev–Trinajstić information content (AvgIpc) is 3.13. The lowest BCUT2D eigenvalue weighted by Gasteiger charge is -2.26. The maximum absolute atomic E-state index is 12.3. The summed E-state index contributed by atoms with van der Waals surface area (Å²) >= 11 is 0. The van der Waals surface area contributed by atoms with Crippen molar-refractivity contribution in [3.63, 3.8) is 0 Å². The van der Waals surface area contributed by atoms with E-state index in [2.05, 4.69) is 4.98 Å². The summed E-state index contributed by atoms with van der Waals surface area (Å²) in [5.74, 6) is -1.28. The van der Waals surface area contributed by atoms with E-state index in [1.165, 1.54) is 11.8 Å². The third-order valence-corrected chi connectivity index (χ3v) is 3.06. The molecule has 18 heavy (non-hydrogen) atoms. The molecule has 0 aromatic carbocycles. The number of carboxylic acids is 1. The van der Waals surface area contributed by atoms with Gasteiger partial charge in [0.15, 0.2) is 0 Å². The van der Waals surface area contributed by atoms with E-state index in [1.54, 1.807) is 25.1 Å². The van der Waals surface area contributed by atoms with Gasteiger partial charge in [0, 0.05) is 11.7 Å². The van der Waals surface area contributed by atoms with E-state index in [0.717, 1.165) is 18.5 Å². The van der Waals surface area contributed by atoms with Crippen molar-refractivity contribution < 1.29 is 14.7 Å². The zero-order valence-electron chi connectivity index (χ0n) is 10.5. The van der Waals surface area contributed by atoms with Gasteiger partial charge in [-0.15, -0.1) is 0 Å². The molecule has 1 atom stereocenters. The molecule has 1 N–H and O–H groups in total. The van der Waals surface area contributed by atoms with Crippen molar-refractivity contribution in [3.8, 4) is 0 Å². The van der Waals surface area contributed by atoms with Crippen molar-refractivity contribution >= 4 is 11.9 Å². The molecule has 1 aromatic rings. The number of carbonyl (C=O) groups excluding carboxylic acids is 1. The summed E-state index contributed by atoms with van der Waals surface area (Å²) in [4.78, 5) is 29.0. The first-order valence-electron chi connectivity index (χ1n) is 6.00. The van der Waals surface area contributed by atoms with Gasteiger partial charge in [-0.05, 0) is 38.8 Å². The molecule has 1 aliphatic rings. The van der Waals surface area contributed by atoms with Gasteiger partial charge >= 0.3 is 5.97 Å². The number of aromatic nitrogens is 1. The molecule has 1 aliphatic carbocycles. The Morgan fingerprint density at radius 1 is 1.44 bits per heavy atom. The van der Waals surface area contributed by atoms with Crippen LogP contribution < -0.4 is 0 Å². The summed E-state index contributed by atoms with van der Waals surface area (Å²) in [6, 6.07) is 4.42. The fourth-order valence-electron chi connectivity index (χ4n) is 1.92. The molecule has 2 rings (SSSR count). The highest BCUT2D eigenvalue weighted by Crippen LogP contribution is 2.30. The molecule has 0 aliphatic heterocycles. The highest BCUT2D eigenvalue weighted by Gasteiger charge is 2.39. The molecule has 96 valence electrons. The van der Waals surface area contributed by atoms with E-state index in [9.17, 15) is 9.59 Å². The van der Waals surface area contributed by atoms with Gasteiger partial charge in [0.25, 0.3) is 5.91 Å². The predicted molar refractivity (Wildman–Crippen MR) is 65.3 cm³/mol. The largest absolute Gasteiger partial charge is 0.480 e. The molecule has 0 saturated heterocycles. The molecule has 0 radical (unpaired) electrons. The van der Waals surface area contributed by atoms with Gasteiger partial charge in [-0.25, -0.2) is 9.78 Å². The van der Waals surface area contributed by atoms with Gasteiger partial charge in [0.05, 0.1) is 0 Å². The quantitative estimate of drug-likeness (QED) is 0.875. The number of carbonyl (C=O) groups is 2. The van der Waals surface area contributed by atoms with E-state index in [-0.39, 0.29) is 11.9 Å². The summed E-state index contributed by atoms with van der Waals surface area (Å²) in [6.07, 6.45) is 1.74. The minimum Gasteiger partial charge on any atom is -0.480 e. The van der Waals surface area contributed by atoms with E-state index >= 15 is 0 Å². The summed E-state index contributed by atoms with van der Waals surface area (Å²) in [7, 11) is 0. The molecule has 1 aromatic heterocycles. The van der Waals surface area contributed by atoms with Gasteiger partial charge in [0.1, 0.15) is 11.7 Å². The number of aryl methyl sites for hydroxylation is 1. The monoisotopic (exact) mass is 248 g/mol. The molecular formula is C13H16N2O3. The van der Waals surface area contributed by atoms with E-state index in [0.29, 0.717) is 5.69 Å². The smallest absolute Gasteiger partial charge is 0.326 e. The number of hydrogen-bond acceptors (Lipinski definition) is 3. The maximum atomic E-state index is 12.3. The highest BCUT2D eigenvalue weighted by molar-refractivity contribution is 5.95. The number of amides is 1. The topological polar surface area (TPSA) is 70.5 Å². The standard InChI is InChI=1S/C13H16N2O3/c1-8-4-3-5-11(14-8)12(16)15(10-6-7-10)9(2)13(17)18/h3-5,9-10H,6-7H2,1-2H3,(H,17,18). The molecule has 5 heteroatoms. The number of rotatable bonds is 4. The molecule has 1 unspecified atom stereocenters. The normalized spacial score (nSPS) is 16.1. The van der Waals surface area contributed by atoms with Crippen molar-refractivity contribution in [3.05, 3.63) is 29.6 Å². The third-order valence-electron chi connectivity index (χ3n) is 3.06. The fourth-order valence-corrected chi connectivity index (χ4v) is 1.92. The summed E-state index contributed by atoms with van der Waals surface area (Å²) in [6.45, 7) is 3.34. The first kappa shape index (κ1) is 12.5. The average molecular weight is 248 g/mol. The molecular weight excluding hydrogens is 232 g/mol. The highest BCUT2D eigenvalue weighted by atomic mass is 16.4. The van der Waals surface area contributed by atoms with Crippen molar-refractivity contribution in [1.29, 1.82) is 0 Å². The second-order valence-electron chi connectivity index (χ2n) is 4.62. The van der Waals surface area contributed by atoms with Crippen LogP contribution in [0.1, 0.15) is 35.9 Å². The molecule has 0 bridgehead atoms. The molecule has 1 fully saturated rings. The number of carboxylic acid groups (broad SMARTS) is 1. The molecule has 1 heterocycles. The number of hydrogen-bond donors (Lipinski definition) is 1. The second kappa shape index (κ2) is 4.76. The van der Waals surface area contributed by atoms with Crippen LogP contribution in [0.3, 0.4) is 0 Å². The Morgan fingerprint density at radius 2 is 2.11 bits per heavy atom. The predicted octanol–water partition coefficient (Wildman–Crippen LogP) is 1.47. The fraction of sp³-hybridized carbons (Fsp3) is 0.462. The van der Waals surface area contributed by atoms with Crippen molar-refractivity contribution in [1.82, 2.24) is 9.88 Å². The van der Waals surface area contributed by atoms with Crippen LogP contribution in [0.25, 0.3) is 0 Å². The van der Waals surface area contributed by atoms with Gasteiger partial charge in [0.2, 0.25) is 0 Å². The lowest BCUT2D eigenvalue weighted by molar-refractivity contribution is -0.141. The minimum absolute atomic E-state index is 0.0471. The van der Waals surface area contributed by atoms with Gasteiger partial charge in [-0.1, -0.05) is 6.07 Å². The van der Waals surface area contributed by atoms with Gasteiger partial charge < -0.3 is 10.0 Å². The SMILES string of the molecule is Cc1cccc(C(=O)N(C2CC2)C(C)C(=O)O)n1. The van der Waals surface area contributed by atoms with Crippen LogP contribution in [0.15, 0.2) is 18.2 Å². The Labute approximate surface area is 105 Å². The van der Waals surface area contributed by atoms with Crippen LogP contribution in [0.2, 0.25) is 0 Å². The first-order valence-corrected chi connectivity index (χ1v) is 6.00. The Balaban J connectivity index is 2.26. The number of nitrogens with zero attached hydrogens (tertiary/aromatic N) is 2. The first-order chi connectivity index (χ1) is 8.50. The Morgan fingerprint density at radius 3 is 2.61 bits per heavy atom. The van der Waals surface area contributed by atoms with Crippen LogP contribution in [-0.4, -0.2) is 39.0 Å².